The van der Waals surface area contributed by atoms with Crippen LogP contribution in [-0.2, 0) is 6.42 Å². The lowest BCUT2D eigenvalue weighted by Crippen LogP contribution is -2.24. The summed E-state index contributed by atoms with van der Waals surface area (Å²) >= 11 is 1.70. The van der Waals surface area contributed by atoms with E-state index in [1.54, 1.807) is 23.9 Å². The van der Waals surface area contributed by atoms with Gasteiger partial charge in [-0.2, -0.15) is 0 Å². The standard InChI is InChI=1S/C17H22FN3OS/c18-11-5-10-6-15(17-20-13(8-22)9-23-17)21-16(10)14(7-11)19-12-3-1-2-4-12/h5,7,12-13,15,19,21-22H,1-4,6,8-9H2/t13-,15?/m1/s1. The van der Waals surface area contributed by atoms with E-state index in [-0.39, 0.29) is 24.5 Å². The molecule has 1 saturated carbocycles. The normalized spacial score (nSPS) is 27.0. The third kappa shape index (κ3) is 3.06. The van der Waals surface area contributed by atoms with Gasteiger partial charge in [0.15, 0.2) is 0 Å². The number of rotatable bonds is 4. The molecule has 2 aliphatic heterocycles. The van der Waals surface area contributed by atoms with Crippen molar-refractivity contribution in [3.63, 3.8) is 0 Å². The molecular weight excluding hydrogens is 313 g/mol. The Balaban J connectivity index is 1.55. The Hall–Kier alpha value is -1.27. The number of thioether (sulfide) groups is 1. The molecule has 0 aromatic heterocycles. The Morgan fingerprint density at radius 3 is 2.91 bits per heavy atom. The molecule has 6 heteroatoms. The maximum absolute atomic E-state index is 14.0. The minimum atomic E-state index is -0.180. The van der Waals surface area contributed by atoms with Gasteiger partial charge >= 0.3 is 0 Å². The van der Waals surface area contributed by atoms with Crippen molar-refractivity contribution in [2.75, 3.05) is 23.0 Å². The van der Waals surface area contributed by atoms with E-state index in [1.807, 2.05) is 0 Å². The molecule has 0 amide bonds. The Labute approximate surface area is 140 Å². The fourth-order valence-corrected chi connectivity index (χ4v) is 4.82. The number of nitrogens with zero attached hydrogens (tertiary/aromatic N) is 1. The molecule has 1 aliphatic carbocycles. The van der Waals surface area contributed by atoms with Gasteiger partial charge in [0.2, 0.25) is 0 Å². The van der Waals surface area contributed by atoms with Gasteiger partial charge < -0.3 is 15.7 Å². The summed E-state index contributed by atoms with van der Waals surface area (Å²) in [7, 11) is 0. The summed E-state index contributed by atoms with van der Waals surface area (Å²) in [5.74, 6) is 0.656. The first kappa shape index (κ1) is 15.3. The van der Waals surface area contributed by atoms with Crippen molar-refractivity contribution in [1.82, 2.24) is 0 Å². The van der Waals surface area contributed by atoms with Crippen molar-refractivity contribution in [3.8, 4) is 0 Å². The number of hydrogen-bond donors (Lipinski definition) is 3. The van der Waals surface area contributed by atoms with Crippen LogP contribution in [0.15, 0.2) is 17.1 Å². The number of anilines is 2. The maximum atomic E-state index is 14.0. The van der Waals surface area contributed by atoms with Gasteiger partial charge in [0.1, 0.15) is 5.82 Å². The third-order valence-corrected chi connectivity index (χ3v) is 6.12. The predicted molar refractivity (Wildman–Crippen MR) is 94.2 cm³/mol. The van der Waals surface area contributed by atoms with Crippen LogP contribution in [0.1, 0.15) is 31.2 Å². The van der Waals surface area contributed by atoms with E-state index in [0.29, 0.717) is 6.04 Å². The van der Waals surface area contributed by atoms with Gasteiger partial charge in [-0.05, 0) is 30.5 Å². The van der Waals surface area contributed by atoms with Crippen molar-refractivity contribution < 1.29 is 9.50 Å². The van der Waals surface area contributed by atoms with Crippen LogP contribution in [0, 0.1) is 5.82 Å². The molecule has 3 aliphatic rings. The van der Waals surface area contributed by atoms with Crippen LogP contribution in [0.2, 0.25) is 0 Å². The lowest BCUT2D eigenvalue weighted by Gasteiger charge is -2.18. The molecule has 1 unspecified atom stereocenters. The highest BCUT2D eigenvalue weighted by molar-refractivity contribution is 8.14. The second-order valence-corrected chi connectivity index (χ2v) is 7.67. The Kier molecular flexibility index (Phi) is 4.20. The van der Waals surface area contributed by atoms with E-state index in [9.17, 15) is 9.50 Å². The second kappa shape index (κ2) is 6.32. The molecule has 4 rings (SSSR count). The maximum Gasteiger partial charge on any atom is 0.125 e. The monoisotopic (exact) mass is 335 g/mol. The van der Waals surface area contributed by atoms with Gasteiger partial charge in [-0.15, -0.1) is 11.8 Å². The van der Waals surface area contributed by atoms with Crippen LogP contribution >= 0.6 is 11.8 Å². The van der Waals surface area contributed by atoms with Crippen molar-refractivity contribution >= 4 is 28.2 Å². The Bertz CT molecular complexity index is 631. The quantitative estimate of drug-likeness (QED) is 0.792. The highest BCUT2D eigenvalue weighted by Gasteiger charge is 2.32. The summed E-state index contributed by atoms with van der Waals surface area (Å²) < 4.78 is 14.0. The molecule has 4 nitrogen and oxygen atoms in total. The topological polar surface area (TPSA) is 56.6 Å². The average Bonchev–Trinajstić information content (AvgIpc) is 3.26. The van der Waals surface area contributed by atoms with E-state index < -0.39 is 0 Å². The van der Waals surface area contributed by atoms with Gasteiger partial charge in [-0.3, -0.25) is 4.99 Å². The highest BCUT2D eigenvalue weighted by Crippen LogP contribution is 2.38. The Morgan fingerprint density at radius 1 is 1.35 bits per heavy atom. The number of halogens is 1. The minimum absolute atomic E-state index is 0.00772. The van der Waals surface area contributed by atoms with Crippen LogP contribution < -0.4 is 10.6 Å². The smallest absolute Gasteiger partial charge is 0.125 e. The summed E-state index contributed by atoms with van der Waals surface area (Å²) in [5, 5.41) is 17.3. The molecule has 3 N–H and O–H groups in total. The van der Waals surface area contributed by atoms with Crippen molar-refractivity contribution in [2.24, 2.45) is 4.99 Å². The average molecular weight is 335 g/mol. The molecule has 0 saturated heterocycles. The lowest BCUT2D eigenvalue weighted by molar-refractivity contribution is 0.277. The predicted octanol–water partition coefficient (Wildman–Crippen LogP) is 3.02. The molecule has 23 heavy (non-hydrogen) atoms. The molecule has 0 spiro atoms. The van der Waals surface area contributed by atoms with E-state index in [0.717, 1.165) is 47.0 Å². The summed E-state index contributed by atoms with van der Waals surface area (Å²) in [5.41, 5.74) is 2.93. The fraction of sp³-hybridized carbons (Fsp3) is 0.588. The van der Waals surface area contributed by atoms with Gasteiger partial charge in [-0.1, -0.05) is 12.8 Å². The fourth-order valence-electron chi connectivity index (χ4n) is 3.71. The molecule has 1 aromatic carbocycles. The van der Waals surface area contributed by atoms with Crippen LogP contribution in [0.3, 0.4) is 0 Å². The number of hydrogen-bond acceptors (Lipinski definition) is 5. The number of aliphatic imine (C=N–C) groups is 1. The molecule has 124 valence electrons. The SMILES string of the molecule is OC[C@@H]1CSC(C2Cc3cc(F)cc(NC4CCCC4)c3N2)=N1. The lowest BCUT2D eigenvalue weighted by atomic mass is 10.1. The van der Waals surface area contributed by atoms with Crippen molar-refractivity contribution in [2.45, 2.75) is 50.2 Å². The first-order valence-electron chi connectivity index (χ1n) is 8.40. The zero-order valence-electron chi connectivity index (χ0n) is 13.0. The number of benzene rings is 1. The third-order valence-electron chi connectivity index (χ3n) is 4.88. The first-order valence-corrected chi connectivity index (χ1v) is 9.38. The molecule has 0 radical (unpaired) electrons. The number of aliphatic hydroxyl groups is 1. The van der Waals surface area contributed by atoms with Crippen LogP contribution in [0.5, 0.6) is 0 Å². The molecule has 0 bridgehead atoms. The van der Waals surface area contributed by atoms with Crippen molar-refractivity contribution in [3.05, 3.63) is 23.5 Å². The molecular formula is C17H22FN3OS. The van der Waals surface area contributed by atoms with Crippen molar-refractivity contribution in [1.29, 1.82) is 0 Å². The van der Waals surface area contributed by atoms with Crippen LogP contribution in [-0.4, -0.2) is 40.6 Å². The van der Waals surface area contributed by atoms with Gasteiger partial charge in [0.25, 0.3) is 0 Å². The molecule has 2 heterocycles. The number of aliphatic hydroxyl groups excluding tert-OH is 1. The summed E-state index contributed by atoms with van der Waals surface area (Å²) in [6.45, 7) is 0.0965. The number of nitrogens with one attached hydrogen (secondary N) is 2. The van der Waals surface area contributed by atoms with E-state index in [1.165, 1.54) is 12.8 Å². The molecule has 2 atom stereocenters. The minimum Gasteiger partial charge on any atom is -0.394 e. The van der Waals surface area contributed by atoms with Crippen LogP contribution in [0.25, 0.3) is 0 Å². The first-order chi connectivity index (χ1) is 11.2. The summed E-state index contributed by atoms with van der Waals surface area (Å²) in [6, 6.07) is 3.81. The largest absolute Gasteiger partial charge is 0.394 e. The van der Waals surface area contributed by atoms with E-state index in [2.05, 4.69) is 15.6 Å². The van der Waals surface area contributed by atoms with Gasteiger partial charge in [0, 0.05) is 18.2 Å². The van der Waals surface area contributed by atoms with Gasteiger partial charge in [0.05, 0.1) is 35.1 Å². The van der Waals surface area contributed by atoms with E-state index in [4.69, 9.17) is 0 Å². The Morgan fingerprint density at radius 2 is 2.17 bits per heavy atom. The second-order valence-electron chi connectivity index (χ2n) is 6.63. The number of fused-ring (bicyclic) bond motifs is 1. The molecule has 1 aromatic rings. The van der Waals surface area contributed by atoms with Gasteiger partial charge in [-0.25, -0.2) is 4.39 Å². The summed E-state index contributed by atoms with van der Waals surface area (Å²) in [4.78, 5) is 4.58. The highest BCUT2D eigenvalue weighted by atomic mass is 32.2. The zero-order valence-corrected chi connectivity index (χ0v) is 13.8. The summed E-state index contributed by atoms with van der Waals surface area (Å²) in [6.07, 6.45) is 5.59. The zero-order chi connectivity index (χ0) is 15.8. The van der Waals surface area contributed by atoms with Crippen LogP contribution in [0.4, 0.5) is 15.8 Å². The van der Waals surface area contributed by atoms with E-state index >= 15 is 0 Å². The molecule has 1 fully saturated rings.